The molecule has 3 nitrogen and oxygen atoms in total. The third-order valence-corrected chi connectivity index (χ3v) is 4.51. The van der Waals surface area contributed by atoms with Crippen molar-refractivity contribution in [1.29, 1.82) is 0 Å². The maximum atomic E-state index is 5.90. The summed E-state index contributed by atoms with van der Waals surface area (Å²) in [5, 5.41) is 3.83. The summed E-state index contributed by atoms with van der Waals surface area (Å²) < 4.78 is 11.1. The summed E-state index contributed by atoms with van der Waals surface area (Å²) in [6.45, 7) is 6.99. The van der Waals surface area contributed by atoms with E-state index >= 15 is 0 Å². The third-order valence-electron chi connectivity index (χ3n) is 3.08. The van der Waals surface area contributed by atoms with Gasteiger partial charge in [-0.05, 0) is 18.2 Å². The van der Waals surface area contributed by atoms with Gasteiger partial charge in [-0.2, -0.15) is 0 Å². The third kappa shape index (κ3) is 4.20. The molecule has 0 aliphatic rings. The number of hydrogen-bond acceptors (Lipinski definition) is 4. The number of alkyl halides is 1. The maximum absolute atomic E-state index is 5.90. The fraction of sp³-hybridized carbons (Fsp3) is 0.438. The Morgan fingerprint density at radius 1 is 1.29 bits per heavy atom. The number of nitrogens with zero attached hydrogens (tertiary/aromatic N) is 1. The number of hydrogen-bond donors (Lipinski definition) is 0. The molecule has 0 saturated carbocycles. The standard InChI is InChI=1S/C16H20BrNO2S/c1-16(2,3)14-10-21-15(18-14)9-20-13-6-5-12(19-4)7-11(13)8-17/h5-7,10H,8-9H2,1-4H3. The van der Waals surface area contributed by atoms with Crippen LogP contribution in [0.4, 0.5) is 0 Å². The number of halogens is 1. The lowest BCUT2D eigenvalue weighted by atomic mass is 9.93. The summed E-state index contributed by atoms with van der Waals surface area (Å²) >= 11 is 5.12. The first kappa shape index (κ1) is 16.3. The molecule has 0 aliphatic carbocycles. The minimum Gasteiger partial charge on any atom is -0.497 e. The maximum Gasteiger partial charge on any atom is 0.140 e. The molecule has 0 amide bonds. The summed E-state index contributed by atoms with van der Waals surface area (Å²) in [7, 11) is 1.66. The highest BCUT2D eigenvalue weighted by Gasteiger charge is 2.17. The lowest BCUT2D eigenvalue weighted by Gasteiger charge is -2.14. The summed E-state index contributed by atoms with van der Waals surface area (Å²) in [5.74, 6) is 1.70. The molecule has 1 heterocycles. The van der Waals surface area contributed by atoms with Gasteiger partial charge in [0.25, 0.3) is 0 Å². The van der Waals surface area contributed by atoms with Crippen LogP contribution in [0.25, 0.3) is 0 Å². The fourth-order valence-corrected chi connectivity index (χ4v) is 3.16. The van der Waals surface area contributed by atoms with Gasteiger partial charge in [0.05, 0.1) is 12.8 Å². The number of methoxy groups -OCH3 is 1. The second kappa shape index (κ2) is 6.79. The fourth-order valence-electron chi connectivity index (χ4n) is 1.79. The Hall–Kier alpha value is -1.07. The first-order chi connectivity index (χ1) is 9.94. The van der Waals surface area contributed by atoms with Crippen LogP contribution < -0.4 is 9.47 Å². The normalized spacial score (nSPS) is 11.5. The van der Waals surface area contributed by atoms with Gasteiger partial charge in [0, 0.05) is 21.7 Å². The average Bonchev–Trinajstić information content (AvgIpc) is 2.94. The molecule has 0 unspecified atom stereocenters. The quantitative estimate of drug-likeness (QED) is 0.700. The van der Waals surface area contributed by atoms with Crippen LogP contribution in [0.1, 0.15) is 37.0 Å². The van der Waals surface area contributed by atoms with Crippen molar-refractivity contribution in [1.82, 2.24) is 4.98 Å². The molecule has 0 saturated heterocycles. The predicted molar refractivity (Wildman–Crippen MR) is 90.8 cm³/mol. The molecule has 1 aromatic heterocycles. The van der Waals surface area contributed by atoms with Crippen molar-refractivity contribution in [2.24, 2.45) is 0 Å². The van der Waals surface area contributed by atoms with E-state index in [4.69, 9.17) is 9.47 Å². The number of ether oxygens (including phenoxy) is 2. The smallest absolute Gasteiger partial charge is 0.140 e. The van der Waals surface area contributed by atoms with Crippen LogP contribution in [-0.2, 0) is 17.4 Å². The van der Waals surface area contributed by atoms with Gasteiger partial charge in [0.1, 0.15) is 23.1 Å². The molecule has 5 heteroatoms. The Morgan fingerprint density at radius 2 is 2.05 bits per heavy atom. The van der Waals surface area contributed by atoms with E-state index in [2.05, 4.69) is 47.1 Å². The van der Waals surface area contributed by atoms with Crippen LogP contribution in [0.5, 0.6) is 11.5 Å². The number of benzene rings is 1. The van der Waals surface area contributed by atoms with Gasteiger partial charge in [-0.15, -0.1) is 11.3 Å². The monoisotopic (exact) mass is 369 g/mol. The predicted octanol–water partition coefficient (Wildman–Crippen LogP) is 4.92. The van der Waals surface area contributed by atoms with E-state index in [0.29, 0.717) is 6.61 Å². The first-order valence-electron chi connectivity index (χ1n) is 6.74. The topological polar surface area (TPSA) is 31.4 Å². The van der Waals surface area contributed by atoms with Gasteiger partial charge in [0.15, 0.2) is 0 Å². The zero-order valence-corrected chi connectivity index (χ0v) is 15.2. The number of aromatic nitrogens is 1. The summed E-state index contributed by atoms with van der Waals surface area (Å²) in [6.07, 6.45) is 0. The minimum atomic E-state index is 0.0792. The van der Waals surface area contributed by atoms with Crippen molar-refractivity contribution in [3.8, 4) is 11.5 Å². The van der Waals surface area contributed by atoms with Crippen molar-refractivity contribution in [3.63, 3.8) is 0 Å². The highest BCUT2D eigenvalue weighted by atomic mass is 79.9. The summed E-state index contributed by atoms with van der Waals surface area (Å²) in [4.78, 5) is 4.64. The van der Waals surface area contributed by atoms with Gasteiger partial charge < -0.3 is 9.47 Å². The highest BCUT2D eigenvalue weighted by molar-refractivity contribution is 9.08. The van der Waals surface area contributed by atoms with E-state index < -0.39 is 0 Å². The summed E-state index contributed by atoms with van der Waals surface area (Å²) in [5.41, 5.74) is 2.26. The lowest BCUT2D eigenvalue weighted by Crippen LogP contribution is -2.11. The van der Waals surface area contributed by atoms with E-state index in [-0.39, 0.29) is 5.41 Å². The van der Waals surface area contributed by atoms with Crippen LogP contribution in [0.3, 0.4) is 0 Å². The minimum absolute atomic E-state index is 0.0792. The molecular formula is C16H20BrNO2S. The van der Waals surface area contributed by atoms with Crippen LogP contribution >= 0.6 is 27.3 Å². The van der Waals surface area contributed by atoms with E-state index in [9.17, 15) is 0 Å². The van der Waals surface area contributed by atoms with Crippen LogP contribution in [0.15, 0.2) is 23.6 Å². The molecule has 0 N–H and O–H groups in total. The lowest BCUT2D eigenvalue weighted by molar-refractivity contribution is 0.302. The van der Waals surface area contributed by atoms with Crippen LogP contribution in [0, 0.1) is 0 Å². The van der Waals surface area contributed by atoms with Crippen molar-refractivity contribution in [3.05, 3.63) is 39.8 Å². The highest BCUT2D eigenvalue weighted by Crippen LogP contribution is 2.28. The SMILES string of the molecule is COc1ccc(OCc2nc(C(C)(C)C)cs2)c(CBr)c1. The molecule has 2 aromatic rings. The Bertz CT molecular complexity index is 605. The van der Waals surface area contributed by atoms with Gasteiger partial charge >= 0.3 is 0 Å². The van der Waals surface area contributed by atoms with Gasteiger partial charge in [0.2, 0.25) is 0 Å². The average molecular weight is 370 g/mol. The molecule has 1 aromatic carbocycles. The van der Waals surface area contributed by atoms with E-state index in [1.807, 2.05) is 18.2 Å². The van der Waals surface area contributed by atoms with Gasteiger partial charge in [-0.25, -0.2) is 4.98 Å². The van der Waals surface area contributed by atoms with Gasteiger partial charge in [-0.1, -0.05) is 36.7 Å². The van der Waals surface area contributed by atoms with Crippen molar-refractivity contribution >= 4 is 27.3 Å². The molecule has 0 spiro atoms. The molecule has 0 fully saturated rings. The number of rotatable bonds is 5. The van der Waals surface area contributed by atoms with Crippen LogP contribution in [-0.4, -0.2) is 12.1 Å². The molecule has 0 aliphatic heterocycles. The second-order valence-corrected chi connectivity index (χ2v) is 7.28. The Kier molecular flexibility index (Phi) is 5.27. The number of thiazole rings is 1. The second-order valence-electron chi connectivity index (χ2n) is 5.77. The van der Waals surface area contributed by atoms with Crippen molar-refractivity contribution < 1.29 is 9.47 Å². The van der Waals surface area contributed by atoms with Crippen molar-refractivity contribution in [2.45, 2.75) is 38.1 Å². The molecule has 0 atom stereocenters. The van der Waals surface area contributed by atoms with Crippen molar-refractivity contribution in [2.75, 3.05) is 7.11 Å². The Morgan fingerprint density at radius 3 is 2.62 bits per heavy atom. The molecule has 2 rings (SSSR count). The first-order valence-corrected chi connectivity index (χ1v) is 8.74. The molecule has 0 radical (unpaired) electrons. The largest absolute Gasteiger partial charge is 0.497 e. The summed E-state index contributed by atoms with van der Waals surface area (Å²) in [6, 6.07) is 5.82. The zero-order chi connectivity index (χ0) is 15.5. The van der Waals surface area contributed by atoms with Crippen LogP contribution in [0.2, 0.25) is 0 Å². The Balaban J connectivity index is 2.08. The van der Waals surface area contributed by atoms with E-state index in [1.54, 1.807) is 18.4 Å². The molecule has 114 valence electrons. The molecule has 21 heavy (non-hydrogen) atoms. The van der Waals surface area contributed by atoms with Gasteiger partial charge in [-0.3, -0.25) is 0 Å². The van der Waals surface area contributed by atoms with E-state index in [0.717, 1.165) is 33.1 Å². The molecule has 0 bridgehead atoms. The molecular weight excluding hydrogens is 350 g/mol. The Labute approximate surface area is 138 Å². The van der Waals surface area contributed by atoms with E-state index in [1.165, 1.54) is 0 Å². The zero-order valence-electron chi connectivity index (χ0n) is 12.8.